The molecule has 0 aliphatic rings. The number of anilines is 2. The molecule has 3 rings (SSSR count). The van der Waals surface area contributed by atoms with E-state index in [2.05, 4.69) is 20.6 Å². The lowest BCUT2D eigenvalue weighted by atomic mass is 10.2. The Morgan fingerprint density at radius 1 is 1.00 bits per heavy atom. The van der Waals surface area contributed by atoms with Crippen LogP contribution in [0.3, 0.4) is 0 Å². The number of nitrogens with one attached hydrogen (secondary N) is 2. The van der Waals surface area contributed by atoms with Crippen LogP contribution in [0.25, 0.3) is 0 Å². The largest absolute Gasteiger partial charge is 0.350 e. The van der Waals surface area contributed by atoms with Crippen molar-refractivity contribution in [2.45, 2.75) is 13.5 Å². The van der Waals surface area contributed by atoms with E-state index >= 15 is 0 Å². The predicted molar refractivity (Wildman–Crippen MR) is 105 cm³/mol. The summed E-state index contributed by atoms with van der Waals surface area (Å²) in [7, 11) is 0. The van der Waals surface area contributed by atoms with E-state index in [1.54, 1.807) is 37.3 Å². The SMILES string of the molecule is Cc1cc(C(=O)Nc2ccccc2Cl)nc(NCc2ccccc2Cl)n1. The number of carbonyl (C=O) groups excluding carboxylic acids is 1. The molecule has 2 aromatic carbocycles. The second kappa shape index (κ2) is 8.17. The molecule has 0 aliphatic carbocycles. The van der Waals surface area contributed by atoms with E-state index in [9.17, 15) is 4.79 Å². The summed E-state index contributed by atoms with van der Waals surface area (Å²) in [4.78, 5) is 21.1. The Hall–Kier alpha value is -2.63. The van der Waals surface area contributed by atoms with Gasteiger partial charge in [-0.3, -0.25) is 4.79 Å². The van der Waals surface area contributed by atoms with E-state index < -0.39 is 0 Å². The Morgan fingerprint density at radius 3 is 2.42 bits per heavy atom. The third kappa shape index (κ3) is 4.50. The van der Waals surface area contributed by atoms with Crippen molar-refractivity contribution in [1.29, 1.82) is 0 Å². The lowest BCUT2D eigenvalue weighted by Gasteiger charge is -2.10. The molecule has 0 fully saturated rings. The first-order valence-corrected chi connectivity index (χ1v) is 8.67. The molecule has 5 nitrogen and oxygen atoms in total. The van der Waals surface area contributed by atoms with Crippen molar-refractivity contribution in [2.24, 2.45) is 0 Å². The Morgan fingerprint density at radius 2 is 1.69 bits per heavy atom. The molecule has 0 saturated heterocycles. The van der Waals surface area contributed by atoms with Crippen LogP contribution in [-0.4, -0.2) is 15.9 Å². The molecule has 1 amide bonds. The summed E-state index contributed by atoms with van der Waals surface area (Å²) in [5.74, 6) is -0.00128. The van der Waals surface area contributed by atoms with Crippen molar-refractivity contribution in [2.75, 3.05) is 10.6 Å². The molecule has 132 valence electrons. The van der Waals surface area contributed by atoms with Crippen LogP contribution in [-0.2, 0) is 6.54 Å². The monoisotopic (exact) mass is 386 g/mol. The van der Waals surface area contributed by atoms with E-state index in [1.807, 2.05) is 24.3 Å². The number of hydrogen-bond acceptors (Lipinski definition) is 4. The maximum absolute atomic E-state index is 12.5. The number of halogens is 2. The minimum absolute atomic E-state index is 0.249. The highest BCUT2D eigenvalue weighted by molar-refractivity contribution is 6.33. The molecule has 3 aromatic rings. The van der Waals surface area contributed by atoms with Crippen LogP contribution in [0.2, 0.25) is 10.0 Å². The Kier molecular flexibility index (Phi) is 5.71. The van der Waals surface area contributed by atoms with Crippen LogP contribution in [0.5, 0.6) is 0 Å². The topological polar surface area (TPSA) is 66.9 Å². The fourth-order valence-corrected chi connectivity index (χ4v) is 2.71. The van der Waals surface area contributed by atoms with Gasteiger partial charge in [-0.2, -0.15) is 0 Å². The highest BCUT2D eigenvalue weighted by Crippen LogP contribution is 2.21. The highest BCUT2D eigenvalue weighted by atomic mass is 35.5. The number of para-hydroxylation sites is 1. The van der Waals surface area contributed by atoms with Gasteiger partial charge >= 0.3 is 0 Å². The van der Waals surface area contributed by atoms with E-state index in [-0.39, 0.29) is 11.6 Å². The maximum Gasteiger partial charge on any atom is 0.274 e. The molecular weight excluding hydrogens is 371 g/mol. The van der Waals surface area contributed by atoms with Crippen molar-refractivity contribution in [3.8, 4) is 0 Å². The van der Waals surface area contributed by atoms with Crippen LogP contribution in [0.4, 0.5) is 11.6 Å². The predicted octanol–water partition coefficient (Wildman–Crippen LogP) is 4.96. The zero-order chi connectivity index (χ0) is 18.5. The van der Waals surface area contributed by atoms with Gasteiger partial charge in [0.25, 0.3) is 5.91 Å². The fourth-order valence-electron chi connectivity index (χ4n) is 2.33. The van der Waals surface area contributed by atoms with Crippen molar-refractivity contribution in [3.05, 3.63) is 81.6 Å². The van der Waals surface area contributed by atoms with E-state index in [0.717, 1.165) is 5.56 Å². The number of aryl methyl sites for hydroxylation is 1. The summed E-state index contributed by atoms with van der Waals surface area (Å²) in [6.45, 7) is 2.25. The fraction of sp³-hybridized carbons (Fsp3) is 0.105. The van der Waals surface area contributed by atoms with Crippen LogP contribution >= 0.6 is 23.2 Å². The quantitative estimate of drug-likeness (QED) is 0.650. The first-order valence-electron chi connectivity index (χ1n) is 7.92. The van der Waals surface area contributed by atoms with Gasteiger partial charge in [-0.15, -0.1) is 0 Å². The van der Waals surface area contributed by atoms with Crippen LogP contribution in [0, 0.1) is 6.92 Å². The summed E-state index contributed by atoms with van der Waals surface area (Å²) < 4.78 is 0. The molecule has 7 heteroatoms. The van der Waals surface area contributed by atoms with Crippen molar-refractivity contribution in [1.82, 2.24) is 9.97 Å². The second-order valence-electron chi connectivity index (χ2n) is 5.60. The summed E-state index contributed by atoms with van der Waals surface area (Å²) in [6, 6.07) is 16.1. The lowest BCUT2D eigenvalue weighted by Crippen LogP contribution is -2.16. The number of benzene rings is 2. The zero-order valence-electron chi connectivity index (χ0n) is 14.0. The molecule has 0 bridgehead atoms. The number of rotatable bonds is 5. The number of carbonyl (C=O) groups is 1. The Balaban J connectivity index is 1.76. The number of hydrogen-bond donors (Lipinski definition) is 2. The maximum atomic E-state index is 12.5. The second-order valence-corrected chi connectivity index (χ2v) is 6.41. The average molecular weight is 387 g/mol. The normalized spacial score (nSPS) is 10.4. The van der Waals surface area contributed by atoms with Gasteiger partial charge in [0.15, 0.2) is 0 Å². The summed E-state index contributed by atoms with van der Waals surface area (Å²) in [5, 5.41) is 6.97. The number of nitrogens with zero attached hydrogens (tertiary/aromatic N) is 2. The molecule has 26 heavy (non-hydrogen) atoms. The van der Waals surface area contributed by atoms with E-state index in [1.165, 1.54) is 0 Å². The number of aromatic nitrogens is 2. The highest BCUT2D eigenvalue weighted by Gasteiger charge is 2.12. The minimum Gasteiger partial charge on any atom is -0.350 e. The molecule has 0 unspecified atom stereocenters. The molecule has 0 aliphatic heterocycles. The third-order valence-electron chi connectivity index (χ3n) is 3.60. The van der Waals surface area contributed by atoms with Gasteiger partial charge in [0.05, 0.1) is 10.7 Å². The van der Waals surface area contributed by atoms with Crippen LogP contribution in [0.1, 0.15) is 21.7 Å². The number of amides is 1. The summed E-state index contributed by atoms with van der Waals surface area (Å²) in [5.41, 5.74) is 2.37. The first-order chi connectivity index (χ1) is 12.5. The Bertz CT molecular complexity index is 946. The van der Waals surface area contributed by atoms with Crippen molar-refractivity contribution < 1.29 is 4.79 Å². The molecule has 0 saturated carbocycles. The molecule has 1 heterocycles. The molecule has 0 radical (unpaired) electrons. The van der Waals surface area contributed by atoms with Crippen LogP contribution < -0.4 is 10.6 Å². The molecule has 0 atom stereocenters. The van der Waals surface area contributed by atoms with Gasteiger partial charge < -0.3 is 10.6 Å². The molecule has 2 N–H and O–H groups in total. The third-order valence-corrected chi connectivity index (χ3v) is 4.30. The molecular formula is C19H16Cl2N4O. The molecule has 0 spiro atoms. The van der Waals surface area contributed by atoms with Crippen molar-refractivity contribution >= 4 is 40.7 Å². The van der Waals surface area contributed by atoms with Gasteiger partial charge in [-0.1, -0.05) is 53.5 Å². The van der Waals surface area contributed by atoms with E-state index in [4.69, 9.17) is 23.2 Å². The Labute approximate surface area is 161 Å². The first kappa shape index (κ1) is 18.2. The summed E-state index contributed by atoms with van der Waals surface area (Å²) in [6.07, 6.45) is 0. The average Bonchev–Trinajstić information content (AvgIpc) is 2.62. The van der Waals surface area contributed by atoms with E-state index in [0.29, 0.717) is 33.9 Å². The van der Waals surface area contributed by atoms with Crippen molar-refractivity contribution in [3.63, 3.8) is 0 Å². The van der Waals surface area contributed by atoms with Crippen LogP contribution in [0.15, 0.2) is 54.6 Å². The summed E-state index contributed by atoms with van der Waals surface area (Å²) >= 11 is 12.2. The van der Waals surface area contributed by atoms with Gasteiger partial charge in [-0.05, 0) is 36.8 Å². The smallest absolute Gasteiger partial charge is 0.274 e. The lowest BCUT2D eigenvalue weighted by molar-refractivity contribution is 0.102. The van der Waals surface area contributed by atoms with Gasteiger partial charge in [-0.25, -0.2) is 9.97 Å². The zero-order valence-corrected chi connectivity index (χ0v) is 15.5. The standard InChI is InChI=1S/C19H16Cl2N4O/c1-12-10-17(18(26)24-16-9-5-4-8-15(16)21)25-19(23-12)22-11-13-6-2-3-7-14(13)20/h2-10H,11H2,1H3,(H,24,26)(H,22,23,25). The van der Waals surface area contributed by atoms with Gasteiger partial charge in [0, 0.05) is 17.3 Å². The minimum atomic E-state index is -0.357. The van der Waals surface area contributed by atoms with Gasteiger partial charge in [0.2, 0.25) is 5.95 Å². The molecule has 1 aromatic heterocycles. The van der Waals surface area contributed by atoms with Gasteiger partial charge in [0.1, 0.15) is 5.69 Å².